The number of nitrogen functional groups attached to an aromatic ring is 1. The molecule has 146 valence electrons. The lowest BCUT2D eigenvalue weighted by atomic mass is 10.3. The van der Waals surface area contributed by atoms with Crippen molar-refractivity contribution in [3.63, 3.8) is 0 Å². The maximum absolute atomic E-state index is 12.5. The maximum Gasteiger partial charge on any atom is 0.237 e. The molecular weight excluding hydrogens is 374 g/mol. The van der Waals surface area contributed by atoms with Crippen molar-refractivity contribution in [2.24, 2.45) is 0 Å². The Hall–Kier alpha value is -3.00. The molecule has 1 amide bonds. The van der Waals surface area contributed by atoms with E-state index < -0.39 is 0 Å². The van der Waals surface area contributed by atoms with Gasteiger partial charge >= 0.3 is 0 Å². The van der Waals surface area contributed by atoms with Crippen LogP contribution in [0.15, 0.2) is 59.8 Å². The van der Waals surface area contributed by atoms with Crippen LogP contribution in [0, 0.1) is 0 Å². The zero-order chi connectivity index (χ0) is 19.9. The number of thioether (sulfide) groups is 1. The van der Waals surface area contributed by atoms with Gasteiger partial charge in [-0.15, -0.1) is 10.2 Å². The SMILES string of the molecule is CCCc1nnc(SC(C)C(=O)Nc2ccc(Oc3ccccc3)cc2)n1N. The number of amides is 1. The molecule has 2 aromatic carbocycles. The normalized spacial score (nSPS) is 11.8. The standard InChI is InChI=1S/C20H23N5O2S/c1-3-7-18-23-24-20(25(18)21)28-14(2)19(26)22-15-10-12-17(13-11-15)27-16-8-5-4-6-9-16/h4-6,8-14H,3,7,21H2,1-2H3,(H,22,26). The zero-order valence-electron chi connectivity index (χ0n) is 15.8. The number of hydrogen-bond donors (Lipinski definition) is 2. The minimum absolute atomic E-state index is 0.137. The molecule has 7 nitrogen and oxygen atoms in total. The largest absolute Gasteiger partial charge is 0.457 e. The lowest BCUT2D eigenvalue weighted by Crippen LogP contribution is -2.23. The Morgan fingerprint density at radius 1 is 1.14 bits per heavy atom. The highest BCUT2D eigenvalue weighted by atomic mass is 32.2. The fourth-order valence-corrected chi connectivity index (χ4v) is 3.26. The predicted molar refractivity (Wildman–Crippen MR) is 111 cm³/mol. The molecule has 0 fully saturated rings. The molecule has 28 heavy (non-hydrogen) atoms. The molecular formula is C20H23N5O2S. The highest BCUT2D eigenvalue weighted by Gasteiger charge is 2.19. The highest BCUT2D eigenvalue weighted by Crippen LogP contribution is 2.25. The van der Waals surface area contributed by atoms with E-state index in [-0.39, 0.29) is 11.2 Å². The van der Waals surface area contributed by atoms with Crippen LogP contribution in [-0.2, 0) is 11.2 Å². The summed E-state index contributed by atoms with van der Waals surface area (Å²) >= 11 is 1.28. The average Bonchev–Trinajstić information content (AvgIpc) is 3.04. The number of anilines is 1. The second-order valence-corrected chi connectivity index (χ2v) is 7.52. The fraction of sp³-hybridized carbons (Fsp3) is 0.250. The Morgan fingerprint density at radius 2 is 1.82 bits per heavy atom. The number of carbonyl (C=O) groups is 1. The van der Waals surface area contributed by atoms with Gasteiger partial charge < -0.3 is 15.9 Å². The van der Waals surface area contributed by atoms with Crippen LogP contribution in [0.1, 0.15) is 26.1 Å². The van der Waals surface area contributed by atoms with Gasteiger partial charge in [-0.1, -0.05) is 36.9 Å². The molecule has 1 aromatic heterocycles. The molecule has 0 aliphatic heterocycles. The molecule has 8 heteroatoms. The van der Waals surface area contributed by atoms with Gasteiger partial charge in [0.15, 0.2) is 5.82 Å². The zero-order valence-corrected chi connectivity index (χ0v) is 16.6. The number of carbonyl (C=O) groups excluding carboxylic acids is 1. The van der Waals surface area contributed by atoms with Crippen molar-refractivity contribution >= 4 is 23.4 Å². The van der Waals surface area contributed by atoms with E-state index in [1.807, 2.05) is 49.4 Å². The number of nitrogens with zero attached hydrogens (tertiary/aromatic N) is 3. The van der Waals surface area contributed by atoms with Gasteiger partial charge in [0.1, 0.15) is 11.5 Å². The third-order valence-electron chi connectivity index (χ3n) is 3.96. The summed E-state index contributed by atoms with van der Waals surface area (Å²) in [6.07, 6.45) is 1.68. The Bertz CT molecular complexity index is 912. The van der Waals surface area contributed by atoms with Gasteiger partial charge in [-0.25, -0.2) is 4.68 Å². The second-order valence-electron chi connectivity index (χ2n) is 6.21. The molecule has 0 bridgehead atoms. The molecule has 3 aromatic rings. The summed E-state index contributed by atoms with van der Waals surface area (Å²) in [7, 11) is 0. The van der Waals surface area contributed by atoms with Crippen LogP contribution in [0.3, 0.4) is 0 Å². The predicted octanol–water partition coefficient (Wildman–Crippen LogP) is 3.86. The summed E-state index contributed by atoms with van der Waals surface area (Å²) < 4.78 is 7.20. The van der Waals surface area contributed by atoms with Crippen molar-refractivity contribution in [2.45, 2.75) is 37.1 Å². The van der Waals surface area contributed by atoms with Gasteiger partial charge in [-0.2, -0.15) is 0 Å². The van der Waals surface area contributed by atoms with Gasteiger partial charge in [0.25, 0.3) is 0 Å². The van der Waals surface area contributed by atoms with Crippen LogP contribution < -0.4 is 15.9 Å². The van der Waals surface area contributed by atoms with E-state index in [1.54, 1.807) is 19.1 Å². The lowest BCUT2D eigenvalue weighted by molar-refractivity contribution is -0.115. The number of nitrogens with two attached hydrogens (primary N) is 1. The first-order chi connectivity index (χ1) is 13.6. The van der Waals surface area contributed by atoms with Gasteiger partial charge in [0.05, 0.1) is 5.25 Å². The van der Waals surface area contributed by atoms with Crippen LogP contribution in [0.2, 0.25) is 0 Å². The minimum atomic E-state index is -0.374. The number of benzene rings is 2. The van der Waals surface area contributed by atoms with Crippen LogP contribution in [0.5, 0.6) is 11.5 Å². The second kappa shape index (κ2) is 9.27. The third-order valence-corrected chi connectivity index (χ3v) is 5.02. The summed E-state index contributed by atoms with van der Waals surface area (Å²) in [6.45, 7) is 3.86. The summed E-state index contributed by atoms with van der Waals surface area (Å²) in [5.74, 6) is 8.03. The number of para-hydroxylation sites is 1. The number of ether oxygens (including phenoxy) is 1. The average molecular weight is 398 g/mol. The minimum Gasteiger partial charge on any atom is -0.457 e. The molecule has 0 saturated heterocycles. The Morgan fingerprint density at radius 3 is 2.50 bits per heavy atom. The molecule has 0 saturated carbocycles. The number of aromatic nitrogens is 3. The van der Waals surface area contributed by atoms with Crippen molar-refractivity contribution in [1.82, 2.24) is 14.9 Å². The first-order valence-corrected chi connectivity index (χ1v) is 9.94. The van der Waals surface area contributed by atoms with E-state index in [1.165, 1.54) is 16.4 Å². The Labute approximate surface area is 168 Å². The molecule has 1 atom stereocenters. The van der Waals surface area contributed by atoms with Crippen LogP contribution in [0.25, 0.3) is 0 Å². The number of nitrogens with one attached hydrogen (secondary N) is 1. The van der Waals surface area contributed by atoms with E-state index in [2.05, 4.69) is 15.5 Å². The molecule has 3 N–H and O–H groups in total. The molecule has 3 rings (SSSR count). The molecule has 0 spiro atoms. The number of hydrogen-bond acceptors (Lipinski definition) is 6. The van der Waals surface area contributed by atoms with E-state index in [4.69, 9.17) is 10.6 Å². The van der Waals surface area contributed by atoms with Crippen LogP contribution in [0.4, 0.5) is 5.69 Å². The van der Waals surface area contributed by atoms with E-state index >= 15 is 0 Å². The van der Waals surface area contributed by atoms with E-state index in [9.17, 15) is 4.79 Å². The first-order valence-electron chi connectivity index (χ1n) is 9.06. The van der Waals surface area contributed by atoms with Gasteiger partial charge in [-0.3, -0.25) is 4.79 Å². The Kier molecular flexibility index (Phi) is 6.54. The van der Waals surface area contributed by atoms with Crippen molar-refractivity contribution in [3.05, 3.63) is 60.4 Å². The van der Waals surface area contributed by atoms with E-state index in [0.29, 0.717) is 22.4 Å². The molecule has 1 unspecified atom stereocenters. The van der Waals surface area contributed by atoms with Gasteiger partial charge in [0.2, 0.25) is 11.1 Å². The quantitative estimate of drug-likeness (QED) is 0.443. The Balaban J connectivity index is 1.56. The fourth-order valence-electron chi connectivity index (χ4n) is 2.47. The van der Waals surface area contributed by atoms with Crippen molar-refractivity contribution in [3.8, 4) is 11.5 Å². The van der Waals surface area contributed by atoms with Gasteiger partial charge in [-0.05, 0) is 49.7 Å². The molecule has 1 heterocycles. The van der Waals surface area contributed by atoms with Crippen molar-refractivity contribution in [1.29, 1.82) is 0 Å². The lowest BCUT2D eigenvalue weighted by Gasteiger charge is -2.12. The summed E-state index contributed by atoms with van der Waals surface area (Å²) in [4.78, 5) is 12.5. The van der Waals surface area contributed by atoms with Crippen molar-refractivity contribution in [2.75, 3.05) is 11.2 Å². The van der Waals surface area contributed by atoms with Crippen LogP contribution >= 0.6 is 11.8 Å². The summed E-state index contributed by atoms with van der Waals surface area (Å²) in [5, 5.41) is 11.2. The van der Waals surface area contributed by atoms with Crippen LogP contribution in [-0.4, -0.2) is 26.0 Å². The van der Waals surface area contributed by atoms with Gasteiger partial charge in [0, 0.05) is 12.1 Å². The van der Waals surface area contributed by atoms with E-state index in [0.717, 1.165) is 18.6 Å². The third kappa shape index (κ3) is 5.04. The number of aryl methyl sites for hydroxylation is 1. The first kappa shape index (κ1) is 19.8. The monoisotopic (exact) mass is 397 g/mol. The smallest absolute Gasteiger partial charge is 0.237 e. The molecule has 0 radical (unpaired) electrons. The maximum atomic E-state index is 12.5. The molecule has 0 aliphatic rings. The van der Waals surface area contributed by atoms with Crippen molar-refractivity contribution < 1.29 is 9.53 Å². The summed E-state index contributed by atoms with van der Waals surface area (Å²) in [6, 6.07) is 16.8. The summed E-state index contributed by atoms with van der Waals surface area (Å²) in [5.41, 5.74) is 0.693. The topological polar surface area (TPSA) is 95.1 Å². The molecule has 0 aliphatic carbocycles. The number of rotatable bonds is 8. The highest BCUT2D eigenvalue weighted by molar-refractivity contribution is 8.00.